The zero-order chi connectivity index (χ0) is 16.1. The second kappa shape index (κ2) is 8.28. The molecule has 23 heavy (non-hydrogen) atoms. The van der Waals surface area contributed by atoms with Gasteiger partial charge in [-0.25, -0.2) is 4.39 Å². The van der Waals surface area contributed by atoms with Gasteiger partial charge in [0.1, 0.15) is 5.82 Å². The van der Waals surface area contributed by atoms with Gasteiger partial charge >= 0.3 is 0 Å². The van der Waals surface area contributed by atoms with Crippen molar-refractivity contribution < 1.29 is 4.39 Å². The Balaban J connectivity index is 1.57. The van der Waals surface area contributed by atoms with Crippen LogP contribution >= 0.6 is 0 Å². The summed E-state index contributed by atoms with van der Waals surface area (Å²) in [5.74, 6) is 1.51. The lowest BCUT2D eigenvalue weighted by molar-refractivity contribution is 0.0948. The normalized spacial score (nSPS) is 30.6. The van der Waals surface area contributed by atoms with Crippen molar-refractivity contribution in [1.29, 1.82) is 0 Å². The molecule has 2 heteroatoms. The molecule has 1 saturated heterocycles. The first-order chi connectivity index (χ1) is 11.2. The van der Waals surface area contributed by atoms with Gasteiger partial charge in [-0.3, -0.25) is 0 Å². The molecule has 128 valence electrons. The van der Waals surface area contributed by atoms with Gasteiger partial charge in [-0.2, -0.15) is 0 Å². The fourth-order valence-electron chi connectivity index (χ4n) is 4.63. The molecule has 0 spiro atoms. The minimum Gasteiger partial charge on any atom is -0.300 e. The average Bonchev–Trinajstić information content (AvgIpc) is 2.53. The molecule has 0 aromatic heterocycles. The Labute approximate surface area is 141 Å². The Morgan fingerprint density at radius 2 is 1.78 bits per heavy atom. The molecule has 1 saturated carbocycles. The number of halogens is 1. The number of rotatable bonds is 3. The van der Waals surface area contributed by atoms with E-state index in [2.05, 4.69) is 11.8 Å². The van der Waals surface area contributed by atoms with E-state index in [9.17, 15) is 4.39 Å². The van der Waals surface area contributed by atoms with E-state index in [1.807, 2.05) is 12.1 Å². The summed E-state index contributed by atoms with van der Waals surface area (Å²) in [6, 6.07) is 7.94. The van der Waals surface area contributed by atoms with Gasteiger partial charge in [-0.05, 0) is 68.2 Å². The second-order valence-corrected chi connectivity index (χ2v) is 7.97. The van der Waals surface area contributed by atoms with Crippen LogP contribution in [0.25, 0.3) is 0 Å². The second-order valence-electron chi connectivity index (χ2n) is 7.97. The van der Waals surface area contributed by atoms with E-state index < -0.39 is 0 Å². The van der Waals surface area contributed by atoms with Crippen LogP contribution in [-0.4, -0.2) is 24.0 Å². The third kappa shape index (κ3) is 5.04. The Kier molecular flexibility index (Phi) is 6.10. The number of piperidine rings is 1. The molecule has 0 amide bonds. The maximum absolute atomic E-state index is 13.1. The van der Waals surface area contributed by atoms with Gasteiger partial charge < -0.3 is 4.90 Å². The van der Waals surface area contributed by atoms with E-state index in [1.165, 1.54) is 70.0 Å². The van der Waals surface area contributed by atoms with Crippen molar-refractivity contribution in [1.82, 2.24) is 4.90 Å². The van der Waals surface area contributed by atoms with Gasteiger partial charge in [0.15, 0.2) is 0 Å². The summed E-state index contributed by atoms with van der Waals surface area (Å²) in [4.78, 5) is 2.79. The first-order valence-electron chi connectivity index (χ1n) is 9.69. The molecule has 0 radical (unpaired) electrons. The minimum atomic E-state index is -0.123. The van der Waals surface area contributed by atoms with Gasteiger partial charge in [-0.1, -0.05) is 44.7 Å². The van der Waals surface area contributed by atoms with Crippen LogP contribution in [0, 0.1) is 17.7 Å². The highest BCUT2D eigenvalue weighted by atomic mass is 19.1. The molecule has 1 aromatic carbocycles. The Hall–Kier alpha value is -0.890. The zero-order valence-corrected chi connectivity index (χ0v) is 14.6. The predicted octanol–water partition coefficient (Wildman–Crippen LogP) is 5.44. The first kappa shape index (κ1) is 17.0. The smallest absolute Gasteiger partial charge is 0.123 e. The third-order valence-corrected chi connectivity index (χ3v) is 5.91. The number of nitrogens with zero attached hydrogens (tertiary/aromatic N) is 1. The molecule has 1 unspecified atom stereocenters. The van der Waals surface area contributed by atoms with Gasteiger partial charge in [0.25, 0.3) is 0 Å². The van der Waals surface area contributed by atoms with Crippen molar-refractivity contribution in [2.75, 3.05) is 13.1 Å². The van der Waals surface area contributed by atoms with E-state index in [-0.39, 0.29) is 5.82 Å². The van der Waals surface area contributed by atoms with Crippen LogP contribution in [0.4, 0.5) is 4.39 Å². The van der Waals surface area contributed by atoms with Crippen molar-refractivity contribution in [2.45, 2.75) is 70.8 Å². The van der Waals surface area contributed by atoms with E-state index in [1.54, 1.807) is 12.1 Å². The predicted molar refractivity (Wildman–Crippen MR) is 95.1 cm³/mol. The molecular weight excluding hydrogens is 285 g/mol. The van der Waals surface area contributed by atoms with Crippen LogP contribution in [-0.2, 0) is 6.42 Å². The van der Waals surface area contributed by atoms with Crippen LogP contribution in [0.3, 0.4) is 0 Å². The van der Waals surface area contributed by atoms with Gasteiger partial charge in [0.05, 0.1) is 0 Å². The van der Waals surface area contributed by atoms with E-state index in [0.29, 0.717) is 0 Å². The van der Waals surface area contributed by atoms with Crippen molar-refractivity contribution in [3.63, 3.8) is 0 Å². The molecule has 3 atom stereocenters. The Morgan fingerprint density at radius 1 is 1.00 bits per heavy atom. The van der Waals surface area contributed by atoms with Gasteiger partial charge in [-0.15, -0.1) is 0 Å². The summed E-state index contributed by atoms with van der Waals surface area (Å²) >= 11 is 0. The number of benzene rings is 1. The molecule has 1 heterocycles. The highest BCUT2D eigenvalue weighted by Crippen LogP contribution is 2.29. The molecule has 0 N–H and O–H groups in total. The van der Waals surface area contributed by atoms with Crippen molar-refractivity contribution >= 4 is 0 Å². The summed E-state index contributed by atoms with van der Waals surface area (Å²) in [5.41, 5.74) is 1.30. The summed E-state index contributed by atoms with van der Waals surface area (Å²) in [5, 5.41) is 0. The fraction of sp³-hybridized carbons (Fsp3) is 0.714. The van der Waals surface area contributed by atoms with Gasteiger partial charge in [0, 0.05) is 12.6 Å². The number of hydrogen-bond acceptors (Lipinski definition) is 1. The molecule has 1 nitrogen and oxygen atoms in total. The minimum absolute atomic E-state index is 0.123. The SMILES string of the molecule is C[C@@H]1CCCCCC(N2CCC[C@@H](Cc3ccc(F)cc3)C2)C1. The molecule has 1 aromatic rings. The molecule has 2 fully saturated rings. The lowest BCUT2D eigenvalue weighted by Crippen LogP contribution is -2.44. The van der Waals surface area contributed by atoms with E-state index in [4.69, 9.17) is 0 Å². The van der Waals surface area contributed by atoms with E-state index in [0.717, 1.165) is 24.3 Å². The summed E-state index contributed by atoms with van der Waals surface area (Å²) < 4.78 is 13.1. The van der Waals surface area contributed by atoms with Crippen molar-refractivity contribution in [3.05, 3.63) is 35.6 Å². The zero-order valence-electron chi connectivity index (χ0n) is 14.6. The van der Waals surface area contributed by atoms with Crippen LogP contribution < -0.4 is 0 Å². The maximum atomic E-state index is 13.1. The lowest BCUT2D eigenvalue weighted by Gasteiger charge is -2.40. The number of likely N-dealkylation sites (tertiary alicyclic amines) is 1. The number of hydrogen-bond donors (Lipinski definition) is 0. The molecule has 0 bridgehead atoms. The molecule has 2 aliphatic rings. The van der Waals surface area contributed by atoms with Crippen molar-refractivity contribution in [2.24, 2.45) is 11.8 Å². The lowest BCUT2D eigenvalue weighted by atomic mass is 9.85. The maximum Gasteiger partial charge on any atom is 0.123 e. The first-order valence-corrected chi connectivity index (χ1v) is 9.69. The average molecular weight is 317 g/mol. The highest BCUT2D eigenvalue weighted by Gasteiger charge is 2.27. The topological polar surface area (TPSA) is 3.24 Å². The largest absolute Gasteiger partial charge is 0.300 e. The van der Waals surface area contributed by atoms with Crippen molar-refractivity contribution in [3.8, 4) is 0 Å². The highest BCUT2D eigenvalue weighted by molar-refractivity contribution is 5.16. The molecular formula is C21H32FN. The molecule has 1 aliphatic heterocycles. The summed E-state index contributed by atoms with van der Waals surface area (Å²) in [6.45, 7) is 4.98. The summed E-state index contributed by atoms with van der Waals surface area (Å²) in [7, 11) is 0. The Morgan fingerprint density at radius 3 is 2.61 bits per heavy atom. The molecule has 1 aliphatic carbocycles. The fourth-order valence-corrected chi connectivity index (χ4v) is 4.63. The Bertz CT molecular complexity index is 469. The van der Waals surface area contributed by atoms with Crippen LogP contribution in [0.5, 0.6) is 0 Å². The standard InChI is InChI=1S/C21H32FN/c1-17-6-3-2-4-8-21(14-17)23-13-5-7-19(16-23)15-18-9-11-20(22)12-10-18/h9-12,17,19,21H,2-8,13-16H2,1H3/t17-,19+,21?/m1/s1. The quantitative estimate of drug-likeness (QED) is 0.717. The van der Waals surface area contributed by atoms with Crippen LogP contribution in [0.15, 0.2) is 24.3 Å². The van der Waals surface area contributed by atoms with Crippen LogP contribution in [0.2, 0.25) is 0 Å². The summed E-state index contributed by atoms with van der Waals surface area (Å²) in [6.07, 6.45) is 12.2. The van der Waals surface area contributed by atoms with Crippen LogP contribution in [0.1, 0.15) is 63.9 Å². The monoisotopic (exact) mass is 317 g/mol. The van der Waals surface area contributed by atoms with E-state index >= 15 is 0 Å². The molecule has 3 rings (SSSR count). The van der Waals surface area contributed by atoms with Gasteiger partial charge in [0.2, 0.25) is 0 Å². The third-order valence-electron chi connectivity index (χ3n) is 5.91.